The number of H-pyrrole nitrogens is 1. The van der Waals surface area contributed by atoms with Gasteiger partial charge in [0.2, 0.25) is 5.82 Å². The van der Waals surface area contributed by atoms with Crippen LogP contribution in [0.2, 0.25) is 0 Å². The number of rotatable bonds is 5. The lowest BCUT2D eigenvalue weighted by Crippen LogP contribution is -2.33. The van der Waals surface area contributed by atoms with E-state index in [0.29, 0.717) is 12.6 Å². The summed E-state index contributed by atoms with van der Waals surface area (Å²) in [6.07, 6.45) is 2.75. The number of aromatic nitrogens is 4. The Morgan fingerprint density at radius 1 is 1.40 bits per heavy atom. The van der Waals surface area contributed by atoms with Crippen molar-refractivity contribution in [3.8, 4) is 0 Å². The number of aromatic amines is 1. The van der Waals surface area contributed by atoms with Crippen molar-refractivity contribution in [2.75, 3.05) is 32.1 Å². The number of aryl methyl sites for hydroxylation is 1. The van der Waals surface area contributed by atoms with Gasteiger partial charge in [-0.05, 0) is 40.4 Å². The van der Waals surface area contributed by atoms with Crippen molar-refractivity contribution in [2.45, 2.75) is 32.9 Å². The summed E-state index contributed by atoms with van der Waals surface area (Å²) in [6.45, 7) is 6.16. The van der Waals surface area contributed by atoms with Crippen LogP contribution in [0.1, 0.15) is 34.0 Å². The number of amides is 1. The third kappa shape index (κ3) is 3.79. The van der Waals surface area contributed by atoms with Gasteiger partial charge >= 0.3 is 0 Å². The fraction of sp³-hybridized carbons (Fsp3) is 0.529. The lowest BCUT2D eigenvalue weighted by atomic mass is 10.2. The number of hydrogen-bond donors (Lipinski definition) is 2. The Morgan fingerprint density at radius 2 is 2.20 bits per heavy atom. The fourth-order valence-corrected chi connectivity index (χ4v) is 3.02. The first kappa shape index (κ1) is 17.3. The second kappa shape index (κ2) is 7.18. The Balaban J connectivity index is 1.77. The van der Waals surface area contributed by atoms with Gasteiger partial charge in [-0.25, -0.2) is 9.97 Å². The van der Waals surface area contributed by atoms with Gasteiger partial charge in [0.05, 0.1) is 12.2 Å². The van der Waals surface area contributed by atoms with Crippen molar-refractivity contribution >= 4 is 11.7 Å². The van der Waals surface area contributed by atoms with Crippen molar-refractivity contribution in [3.05, 3.63) is 35.0 Å². The summed E-state index contributed by atoms with van der Waals surface area (Å²) in [5.41, 5.74) is 2.71. The number of carbonyl (C=O) groups is 1. The number of nitrogens with zero attached hydrogens (tertiary/aromatic N) is 5. The molecule has 1 aliphatic heterocycles. The minimum Gasteiger partial charge on any atom is -0.355 e. The minimum absolute atomic E-state index is 0.214. The maximum atomic E-state index is 12.4. The molecule has 8 heteroatoms. The van der Waals surface area contributed by atoms with Crippen LogP contribution >= 0.6 is 0 Å². The monoisotopic (exact) mass is 343 g/mol. The van der Waals surface area contributed by atoms with Crippen molar-refractivity contribution < 1.29 is 4.79 Å². The van der Waals surface area contributed by atoms with E-state index in [0.717, 1.165) is 42.3 Å². The fourth-order valence-electron chi connectivity index (χ4n) is 3.02. The van der Waals surface area contributed by atoms with Crippen LogP contribution in [0.3, 0.4) is 0 Å². The highest BCUT2D eigenvalue weighted by molar-refractivity contribution is 5.90. The van der Waals surface area contributed by atoms with E-state index >= 15 is 0 Å². The number of likely N-dealkylation sites (N-methyl/N-ethyl adjacent to an activating group) is 1. The molecule has 1 saturated heterocycles. The van der Waals surface area contributed by atoms with Crippen LogP contribution in [-0.2, 0) is 6.54 Å². The van der Waals surface area contributed by atoms with Gasteiger partial charge in [0.25, 0.3) is 5.91 Å². The zero-order valence-corrected chi connectivity index (χ0v) is 15.2. The van der Waals surface area contributed by atoms with E-state index in [1.807, 2.05) is 19.9 Å². The zero-order chi connectivity index (χ0) is 18.0. The second-order valence-electron chi connectivity index (χ2n) is 6.70. The Morgan fingerprint density at radius 3 is 2.84 bits per heavy atom. The van der Waals surface area contributed by atoms with Crippen LogP contribution in [0.5, 0.6) is 0 Å². The van der Waals surface area contributed by atoms with Crippen LogP contribution in [0.4, 0.5) is 5.82 Å². The first-order chi connectivity index (χ1) is 12.0. The molecule has 0 aromatic carbocycles. The van der Waals surface area contributed by atoms with Crippen LogP contribution in [0, 0.1) is 13.8 Å². The maximum absolute atomic E-state index is 12.4. The number of nitrogens with one attached hydrogen (secondary N) is 2. The number of hydrogen-bond acceptors (Lipinski definition) is 6. The van der Waals surface area contributed by atoms with Crippen LogP contribution in [-0.4, -0.2) is 64.2 Å². The van der Waals surface area contributed by atoms with E-state index < -0.39 is 0 Å². The molecule has 1 aliphatic rings. The van der Waals surface area contributed by atoms with Gasteiger partial charge in [0, 0.05) is 36.6 Å². The lowest BCUT2D eigenvalue weighted by Gasteiger charge is -2.23. The Bertz CT molecular complexity index is 742. The summed E-state index contributed by atoms with van der Waals surface area (Å²) in [5.74, 6) is 0.803. The van der Waals surface area contributed by atoms with Crippen LogP contribution in [0.15, 0.2) is 12.3 Å². The third-order valence-corrected chi connectivity index (χ3v) is 4.76. The Labute approximate surface area is 147 Å². The van der Waals surface area contributed by atoms with Gasteiger partial charge in [-0.1, -0.05) is 0 Å². The van der Waals surface area contributed by atoms with Gasteiger partial charge < -0.3 is 15.1 Å². The first-order valence-electron chi connectivity index (χ1n) is 8.48. The molecule has 2 aromatic rings. The predicted molar refractivity (Wildman–Crippen MR) is 95.6 cm³/mol. The molecule has 8 nitrogen and oxygen atoms in total. The Hall–Kier alpha value is -2.48. The highest BCUT2D eigenvalue weighted by Gasteiger charge is 2.27. The van der Waals surface area contributed by atoms with Crippen molar-refractivity contribution in [2.24, 2.45) is 0 Å². The van der Waals surface area contributed by atoms with E-state index in [4.69, 9.17) is 0 Å². The first-order valence-corrected chi connectivity index (χ1v) is 8.48. The largest absolute Gasteiger partial charge is 0.355 e. The molecule has 134 valence electrons. The molecule has 1 fully saturated rings. The smallest absolute Gasteiger partial charge is 0.289 e. The lowest BCUT2D eigenvalue weighted by molar-refractivity contribution is 0.0939. The number of carbonyl (C=O) groups excluding carboxylic acids is 1. The van der Waals surface area contributed by atoms with Crippen LogP contribution < -0.4 is 10.2 Å². The van der Waals surface area contributed by atoms with Gasteiger partial charge in [-0.3, -0.25) is 9.89 Å². The molecule has 25 heavy (non-hydrogen) atoms. The van der Waals surface area contributed by atoms with Gasteiger partial charge in [0.1, 0.15) is 5.82 Å². The molecule has 2 aromatic heterocycles. The second-order valence-corrected chi connectivity index (χ2v) is 6.70. The number of anilines is 1. The highest BCUT2D eigenvalue weighted by atomic mass is 16.2. The van der Waals surface area contributed by atoms with Gasteiger partial charge in [0.15, 0.2) is 0 Å². The van der Waals surface area contributed by atoms with Crippen molar-refractivity contribution in [1.82, 2.24) is 30.4 Å². The quantitative estimate of drug-likeness (QED) is 0.838. The summed E-state index contributed by atoms with van der Waals surface area (Å²) in [7, 11) is 4.20. The summed E-state index contributed by atoms with van der Waals surface area (Å²) in [5, 5.41) is 9.52. The molecule has 3 heterocycles. The van der Waals surface area contributed by atoms with E-state index in [-0.39, 0.29) is 11.7 Å². The maximum Gasteiger partial charge on any atom is 0.289 e. The molecule has 0 unspecified atom stereocenters. The molecule has 0 saturated carbocycles. The van der Waals surface area contributed by atoms with E-state index in [1.54, 1.807) is 6.20 Å². The predicted octanol–water partition coefficient (Wildman–Crippen LogP) is 0.887. The van der Waals surface area contributed by atoms with Gasteiger partial charge in [-0.2, -0.15) is 5.10 Å². The van der Waals surface area contributed by atoms with Crippen molar-refractivity contribution in [1.29, 1.82) is 0 Å². The SMILES string of the molecule is Cc1nc(C(=O)NCc2ccn[nH]2)nc(N2CC[C@@H](N(C)C)C2)c1C. The van der Waals surface area contributed by atoms with Crippen LogP contribution in [0.25, 0.3) is 0 Å². The van der Waals surface area contributed by atoms with Gasteiger partial charge in [-0.15, -0.1) is 0 Å². The zero-order valence-electron chi connectivity index (χ0n) is 15.2. The molecule has 0 spiro atoms. The molecular formula is C17H25N7O. The molecule has 0 radical (unpaired) electrons. The average molecular weight is 343 g/mol. The summed E-state index contributed by atoms with van der Waals surface area (Å²) in [4.78, 5) is 25.9. The highest BCUT2D eigenvalue weighted by Crippen LogP contribution is 2.25. The minimum atomic E-state index is -0.276. The topological polar surface area (TPSA) is 90.0 Å². The van der Waals surface area contributed by atoms with E-state index in [2.05, 4.69) is 49.4 Å². The van der Waals surface area contributed by atoms with Crippen molar-refractivity contribution in [3.63, 3.8) is 0 Å². The molecule has 2 N–H and O–H groups in total. The Kier molecular flexibility index (Phi) is 4.98. The molecule has 1 amide bonds. The van der Waals surface area contributed by atoms with E-state index in [9.17, 15) is 4.79 Å². The summed E-state index contributed by atoms with van der Waals surface area (Å²) in [6, 6.07) is 2.32. The average Bonchev–Trinajstić information content (AvgIpc) is 3.26. The summed E-state index contributed by atoms with van der Waals surface area (Å²) < 4.78 is 0. The molecular weight excluding hydrogens is 318 g/mol. The molecule has 0 aliphatic carbocycles. The molecule has 0 bridgehead atoms. The molecule has 1 atom stereocenters. The third-order valence-electron chi connectivity index (χ3n) is 4.76. The molecule has 3 rings (SSSR count). The summed E-state index contributed by atoms with van der Waals surface area (Å²) >= 11 is 0. The van der Waals surface area contributed by atoms with E-state index in [1.165, 1.54) is 0 Å². The standard InChI is InChI=1S/C17H25N7O/c1-11-12(2)20-15(17(25)18-9-13-5-7-19-22-13)21-16(11)24-8-6-14(10-24)23(3)4/h5,7,14H,6,8-10H2,1-4H3,(H,18,25)(H,19,22)/t14-/m1/s1. The normalized spacial score (nSPS) is 17.3.